The van der Waals surface area contributed by atoms with Crippen molar-refractivity contribution in [3.63, 3.8) is 0 Å². The van der Waals surface area contributed by atoms with Gasteiger partial charge >= 0.3 is 0 Å². The van der Waals surface area contributed by atoms with Crippen molar-refractivity contribution in [3.8, 4) is 5.75 Å². The van der Waals surface area contributed by atoms with Crippen LogP contribution in [0, 0.1) is 19.8 Å². The van der Waals surface area contributed by atoms with Gasteiger partial charge in [0, 0.05) is 38.9 Å². The fraction of sp³-hybridized carbons (Fsp3) is 0.414. The third-order valence-electron chi connectivity index (χ3n) is 6.60. The highest BCUT2D eigenvalue weighted by atomic mass is 16.5. The van der Waals surface area contributed by atoms with Crippen LogP contribution in [0.15, 0.2) is 54.6 Å². The molecule has 3 aromatic rings. The molecule has 1 saturated heterocycles. The quantitative estimate of drug-likeness (QED) is 0.423. The molecule has 0 bridgehead atoms. The van der Waals surface area contributed by atoms with Crippen LogP contribution < -0.4 is 15.0 Å². The first kappa shape index (κ1) is 25.6. The summed E-state index contributed by atoms with van der Waals surface area (Å²) >= 11 is 0. The van der Waals surface area contributed by atoms with Crippen LogP contribution >= 0.6 is 0 Å². The second kappa shape index (κ2) is 12.5. The Bertz CT molecular complexity index is 1130. The van der Waals surface area contributed by atoms with Crippen LogP contribution in [-0.4, -0.2) is 49.2 Å². The summed E-state index contributed by atoms with van der Waals surface area (Å²) in [6, 6.07) is 18.6. The Hall–Kier alpha value is -3.45. The first-order chi connectivity index (χ1) is 17.5. The van der Waals surface area contributed by atoms with Crippen molar-refractivity contribution in [2.75, 3.05) is 38.3 Å². The minimum absolute atomic E-state index is 0.268. The van der Waals surface area contributed by atoms with Crippen molar-refractivity contribution in [3.05, 3.63) is 82.9 Å². The second-order valence-corrected chi connectivity index (χ2v) is 9.40. The van der Waals surface area contributed by atoms with Gasteiger partial charge in [0.15, 0.2) is 11.4 Å². The highest BCUT2D eigenvalue weighted by molar-refractivity contribution is 5.95. The first-order valence-corrected chi connectivity index (χ1v) is 12.7. The molecule has 0 saturated carbocycles. The maximum Gasteiger partial charge on any atom is 0.273 e. The molecule has 4 rings (SSSR count). The number of carbonyl (C=O) groups excluding carboxylic acids is 1. The number of amides is 1. The summed E-state index contributed by atoms with van der Waals surface area (Å²) in [4.78, 5) is 24.9. The van der Waals surface area contributed by atoms with E-state index in [1.165, 1.54) is 11.3 Å². The maximum atomic E-state index is 13.0. The zero-order valence-corrected chi connectivity index (χ0v) is 21.5. The fourth-order valence-electron chi connectivity index (χ4n) is 4.53. The van der Waals surface area contributed by atoms with E-state index in [1.54, 1.807) is 7.11 Å². The molecule has 0 atom stereocenters. The Labute approximate surface area is 213 Å². The number of anilines is 1. The van der Waals surface area contributed by atoms with Gasteiger partial charge in [0.1, 0.15) is 12.4 Å². The summed E-state index contributed by atoms with van der Waals surface area (Å²) in [5, 5.41) is 2.88. The van der Waals surface area contributed by atoms with Crippen molar-refractivity contribution in [2.45, 2.75) is 39.7 Å². The van der Waals surface area contributed by atoms with Crippen molar-refractivity contribution < 1.29 is 14.3 Å². The lowest BCUT2D eigenvalue weighted by molar-refractivity contribution is 0.0926. The number of methoxy groups -OCH3 is 1. The lowest BCUT2D eigenvalue weighted by atomic mass is 9.92. The van der Waals surface area contributed by atoms with Gasteiger partial charge in [0.25, 0.3) is 5.91 Å². The van der Waals surface area contributed by atoms with Crippen molar-refractivity contribution in [2.24, 2.45) is 5.92 Å². The number of nitrogens with one attached hydrogen (secondary N) is 1. The van der Waals surface area contributed by atoms with Crippen LogP contribution in [0.5, 0.6) is 5.75 Å². The molecule has 1 aromatic heterocycles. The van der Waals surface area contributed by atoms with Gasteiger partial charge < -0.3 is 19.7 Å². The second-order valence-electron chi connectivity index (χ2n) is 9.40. The van der Waals surface area contributed by atoms with Gasteiger partial charge in [-0.3, -0.25) is 4.79 Å². The molecular formula is C29H36N4O3. The van der Waals surface area contributed by atoms with Crippen molar-refractivity contribution in [1.82, 2.24) is 15.3 Å². The fourth-order valence-corrected chi connectivity index (χ4v) is 4.53. The molecule has 1 amide bonds. The highest BCUT2D eigenvalue weighted by Gasteiger charge is 2.24. The van der Waals surface area contributed by atoms with Gasteiger partial charge in [0.2, 0.25) is 0 Å². The third kappa shape index (κ3) is 6.82. The molecule has 1 aliphatic heterocycles. The summed E-state index contributed by atoms with van der Waals surface area (Å²) in [5.74, 6) is 1.35. The van der Waals surface area contributed by atoms with E-state index in [0.29, 0.717) is 48.6 Å². The predicted molar refractivity (Wildman–Crippen MR) is 142 cm³/mol. The topological polar surface area (TPSA) is 76.6 Å². The van der Waals surface area contributed by atoms with Gasteiger partial charge in [-0.2, -0.15) is 0 Å². The number of hydrogen-bond acceptors (Lipinski definition) is 6. The zero-order chi connectivity index (χ0) is 25.3. The van der Waals surface area contributed by atoms with E-state index in [0.717, 1.165) is 37.9 Å². The molecule has 0 unspecified atom stereocenters. The molecule has 190 valence electrons. The smallest absolute Gasteiger partial charge is 0.273 e. The largest absolute Gasteiger partial charge is 0.485 e. The van der Waals surface area contributed by atoms with E-state index in [-0.39, 0.29) is 5.91 Å². The minimum atomic E-state index is -0.268. The number of aromatic nitrogens is 2. The Balaban J connectivity index is 1.46. The van der Waals surface area contributed by atoms with E-state index in [1.807, 2.05) is 37.3 Å². The molecule has 1 fully saturated rings. The first-order valence-electron chi connectivity index (χ1n) is 12.7. The number of hydrogen-bond donors (Lipinski definition) is 1. The Kier molecular flexibility index (Phi) is 8.90. The molecule has 2 heterocycles. The molecule has 0 spiro atoms. The number of benzene rings is 2. The molecule has 2 aromatic carbocycles. The number of aryl methyl sites for hydroxylation is 2. The summed E-state index contributed by atoms with van der Waals surface area (Å²) in [5.41, 5.74) is 4.55. The van der Waals surface area contributed by atoms with Gasteiger partial charge in [-0.1, -0.05) is 48.0 Å². The molecule has 7 nitrogen and oxygen atoms in total. The molecule has 36 heavy (non-hydrogen) atoms. The van der Waals surface area contributed by atoms with E-state index in [2.05, 4.69) is 41.4 Å². The summed E-state index contributed by atoms with van der Waals surface area (Å²) in [6.07, 6.45) is 2.88. The lowest BCUT2D eigenvalue weighted by Gasteiger charge is -2.33. The summed E-state index contributed by atoms with van der Waals surface area (Å²) < 4.78 is 11.1. The molecule has 1 N–H and O–H groups in total. The summed E-state index contributed by atoms with van der Waals surface area (Å²) in [7, 11) is 1.61. The zero-order valence-electron chi connectivity index (χ0n) is 21.5. The highest BCUT2D eigenvalue weighted by Crippen LogP contribution is 2.27. The minimum Gasteiger partial charge on any atom is -0.485 e. The molecule has 7 heteroatoms. The van der Waals surface area contributed by atoms with Gasteiger partial charge in [-0.05, 0) is 50.3 Å². The third-order valence-corrected chi connectivity index (χ3v) is 6.60. The molecule has 0 aliphatic carbocycles. The summed E-state index contributed by atoms with van der Waals surface area (Å²) in [6.45, 7) is 7.20. The van der Waals surface area contributed by atoms with Crippen LogP contribution in [0.25, 0.3) is 0 Å². The normalized spacial score (nSPS) is 14.0. The SMILES string of the molecule is COCCNC(=O)c1nc(CC2CCN(c3ccc(C)cc3)CC2)nc(C)c1OCc1ccccc1. The van der Waals surface area contributed by atoms with E-state index in [9.17, 15) is 4.79 Å². The number of nitrogens with zero attached hydrogens (tertiary/aromatic N) is 3. The average molecular weight is 489 g/mol. The van der Waals surface area contributed by atoms with E-state index < -0.39 is 0 Å². The predicted octanol–water partition coefficient (Wildman–Crippen LogP) is 4.51. The number of piperidine rings is 1. The van der Waals surface area contributed by atoms with Crippen LogP contribution in [0.4, 0.5) is 5.69 Å². The average Bonchev–Trinajstić information content (AvgIpc) is 2.89. The van der Waals surface area contributed by atoms with Gasteiger partial charge in [-0.25, -0.2) is 9.97 Å². The van der Waals surface area contributed by atoms with Crippen LogP contribution in [0.1, 0.15) is 46.0 Å². The van der Waals surface area contributed by atoms with Crippen LogP contribution in [0.3, 0.4) is 0 Å². The lowest BCUT2D eigenvalue weighted by Crippen LogP contribution is -2.34. The van der Waals surface area contributed by atoms with Crippen LogP contribution in [0.2, 0.25) is 0 Å². The molecule has 1 aliphatic rings. The van der Waals surface area contributed by atoms with Crippen molar-refractivity contribution in [1.29, 1.82) is 0 Å². The van der Waals surface area contributed by atoms with Gasteiger partial charge in [-0.15, -0.1) is 0 Å². The van der Waals surface area contributed by atoms with Crippen LogP contribution in [-0.2, 0) is 17.8 Å². The number of ether oxygens (including phenoxy) is 2. The molecular weight excluding hydrogens is 452 g/mol. The number of rotatable bonds is 10. The maximum absolute atomic E-state index is 13.0. The molecule has 0 radical (unpaired) electrons. The van der Waals surface area contributed by atoms with Gasteiger partial charge in [0.05, 0.1) is 12.3 Å². The van der Waals surface area contributed by atoms with E-state index >= 15 is 0 Å². The van der Waals surface area contributed by atoms with E-state index in [4.69, 9.17) is 19.4 Å². The Morgan fingerprint density at radius 1 is 1.03 bits per heavy atom. The number of carbonyl (C=O) groups is 1. The Morgan fingerprint density at radius 2 is 1.75 bits per heavy atom. The standard InChI is InChI=1S/C29H36N4O3/c1-21-9-11-25(12-10-21)33-16-13-23(14-17-33)19-26-31-22(2)28(36-20-24-7-5-4-6-8-24)27(32-26)29(34)30-15-18-35-3/h4-12,23H,13-20H2,1-3H3,(H,30,34). The van der Waals surface area contributed by atoms with Crippen molar-refractivity contribution >= 4 is 11.6 Å². The monoisotopic (exact) mass is 488 g/mol. The Morgan fingerprint density at radius 3 is 2.44 bits per heavy atom.